The van der Waals surface area contributed by atoms with E-state index >= 15 is 0 Å². The number of pyridine rings is 1. The van der Waals surface area contributed by atoms with Crippen molar-refractivity contribution in [1.29, 1.82) is 0 Å². The largest absolute Gasteiger partial charge is 0.477 e. The van der Waals surface area contributed by atoms with Crippen LogP contribution in [-0.2, 0) is 6.54 Å². The van der Waals surface area contributed by atoms with E-state index in [9.17, 15) is 0 Å². The smallest absolute Gasteiger partial charge is 0.218 e. The minimum absolute atomic E-state index is 0. The second-order valence-electron chi connectivity index (χ2n) is 7.01. The van der Waals surface area contributed by atoms with Crippen LogP contribution in [0.15, 0.2) is 23.3 Å². The molecule has 6 heteroatoms. The molecule has 1 N–H and O–H groups in total. The Bertz CT molecular complexity index is 574. The molecule has 25 heavy (non-hydrogen) atoms. The van der Waals surface area contributed by atoms with Crippen molar-refractivity contribution in [3.8, 4) is 5.88 Å². The van der Waals surface area contributed by atoms with E-state index in [-0.39, 0.29) is 24.0 Å². The number of rotatable bonds is 6. The van der Waals surface area contributed by atoms with Crippen molar-refractivity contribution >= 4 is 29.9 Å². The lowest BCUT2D eigenvalue weighted by atomic mass is 9.68. The first-order valence-corrected chi connectivity index (χ1v) is 9.36. The Kier molecular flexibility index (Phi) is 7.78. The minimum Gasteiger partial charge on any atom is -0.477 e. The highest BCUT2D eigenvalue weighted by Crippen LogP contribution is 2.47. The van der Waals surface area contributed by atoms with Gasteiger partial charge in [0, 0.05) is 31.4 Å². The van der Waals surface area contributed by atoms with E-state index in [0.717, 1.165) is 43.5 Å². The van der Waals surface area contributed by atoms with Gasteiger partial charge in [-0.25, -0.2) is 9.98 Å². The molecule has 140 valence electrons. The van der Waals surface area contributed by atoms with Crippen molar-refractivity contribution in [3.05, 3.63) is 23.9 Å². The molecule has 1 saturated carbocycles. The molecule has 0 amide bonds. The average Bonchev–Trinajstić information content (AvgIpc) is 3.03. The van der Waals surface area contributed by atoms with E-state index in [1.165, 1.54) is 25.7 Å². The number of guanidine groups is 1. The van der Waals surface area contributed by atoms with Crippen LogP contribution in [0.2, 0.25) is 0 Å². The maximum atomic E-state index is 5.75. The normalized spacial score (nSPS) is 18.6. The third-order valence-corrected chi connectivity index (χ3v) is 5.18. The number of aromatic nitrogens is 1. The first-order chi connectivity index (χ1) is 11.8. The Balaban J connectivity index is 0.00000225. The Morgan fingerprint density at radius 1 is 1.36 bits per heavy atom. The predicted molar refractivity (Wildman–Crippen MR) is 113 cm³/mol. The van der Waals surface area contributed by atoms with Gasteiger partial charge >= 0.3 is 0 Å². The zero-order chi connectivity index (χ0) is 16.8. The van der Waals surface area contributed by atoms with Gasteiger partial charge in [-0.05, 0) is 44.1 Å². The third kappa shape index (κ3) is 4.99. The summed E-state index contributed by atoms with van der Waals surface area (Å²) in [5, 5.41) is 3.46. The number of ether oxygens (including phenoxy) is 1. The van der Waals surface area contributed by atoms with Crippen LogP contribution in [0.25, 0.3) is 0 Å². The second kappa shape index (κ2) is 9.59. The third-order valence-electron chi connectivity index (χ3n) is 5.18. The molecular weight excluding hydrogens is 427 g/mol. The number of nitrogens with one attached hydrogen (secondary N) is 1. The molecule has 2 aliphatic rings. The van der Waals surface area contributed by atoms with Gasteiger partial charge in [0.05, 0.1) is 13.2 Å². The lowest BCUT2D eigenvalue weighted by Gasteiger charge is -2.38. The van der Waals surface area contributed by atoms with E-state index in [1.54, 1.807) is 6.20 Å². The molecule has 1 saturated heterocycles. The molecular formula is C19H31IN4O. The summed E-state index contributed by atoms with van der Waals surface area (Å²) in [5.41, 5.74) is 1.64. The van der Waals surface area contributed by atoms with Gasteiger partial charge in [0.1, 0.15) is 0 Å². The maximum Gasteiger partial charge on any atom is 0.218 e. The molecule has 2 heterocycles. The fourth-order valence-electron chi connectivity index (χ4n) is 3.66. The summed E-state index contributed by atoms with van der Waals surface area (Å²) in [4.78, 5) is 11.7. The summed E-state index contributed by atoms with van der Waals surface area (Å²) in [7, 11) is 0. The maximum absolute atomic E-state index is 5.75. The van der Waals surface area contributed by atoms with Gasteiger partial charge in [-0.3, -0.25) is 0 Å². The van der Waals surface area contributed by atoms with Crippen LogP contribution in [0.1, 0.15) is 51.5 Å². The first-order valence-electron chi connectivity index (χ1n) is 9.36. The van der Waals surface area contributed by atoms with Gasteiger partial charge in [-0.2, -0.15) is 0 Å². The number of hydrogen-bond donors (Lipinski definition) is 1. The molecule has 1 aromatic rings. The quantitative estimate of drug-likeness (QED) is 0.400. The van der Waals surface area contributed by atoms with Gasteiger partial charge in [-0.15, -0.1) is 24.0 Å². The number of aliphatic imine (C=N–C) groups is 1. The zero-order valence-electron chi connectivity index (χ0n) is 15.5. The molecule has 5 nitrogen and oxygen atoms in total. The highest BCUT2D eigenvalue weighted by molar-refractivity contribution is 14.0. The van der Waals surface area contributed by atoms with Gasteiger partial charge in [0.15, 0.2) is 5.96 Å². The van der Waals surface area contributed by atoms with Crippen LogP contribution in [-0.4, -0.2) is 42.1 Å². The fraction of sp³-hybridized carbons (Fsp3) is 0.684. The molecule has 2 fully saturated rings. The Hall–Kier alpha value is -1.05. The zero-order valence-corrected chi connectivity index (χ0v) is 17.8. The lowest BCUT2D eigenvalue weighted by molar-refractivity contribution is 0.151. The van der Waals surface area contributed by atoms with Crippen LogP contribution in [0.3, 0.4) is 0 Å². The van der Waals surface area contributed by atoms with E-state index < -0.39 is 0 Å². The minimum atomic E-state index is 0. The number of nitrogens with zero attached hydrogens (tertiary/aromatic N) is 3. The monoisotopic (exact) mass is 458 g/mol. The molecule has 1 aliphatic heterocycles. The molecule has 1 spiro atoms. The Morgan fingerprint density at radius 3 is 2.84 bits per heavy atom. The Labute approximate surface area is 168 Å². The first kappa shape index (κ1) is 20.3. The van der Waals surface area contributed by atoms with Gasteiger partial charge in [0.25, 0.3) is 0 Å². The van der Waals surface area contributed by atoms with Crippen molar-refractivity contribution in [2.24, 2.45) is 10.4 Å². The van der Waals surface area contributed by atoms with E-state index in [2.05, 4.69) is 35.1 Å². The molecule has 0 aromatic carbocycles. The lowest BCUT2D eigenvalue weighted by Crippen LogP contribution is -2.42. The van der Waals surface area contributed by atoms with Gasteiger partial charge in [-0.1, -0.05) is 19.4 Å². The van der Waals surface area contributed by atoms with E-state index in [0.29, 0.717) is 18.6 Å². The SMILES string of the molecule is CCCOc1ncccc1CN=C(NCC)N1CCC2(CCC2)C1.I. The van der Waals surface area contributed by atoms with Crippen molar-refractivity contribution in [1.82, 2.24) is 15.2 Å². The summed E-state index contributed by atoms with van der Waals surface area (Å²) in [6, 6.07) is 4.01. The van der Waals surface area contributed by atoms with E-state index in [1.807, 2.05) is 6.07 Å². The molecule has 1 aliphatic carbocycles. The van der Waals surface area contributed by atoms with Gasteiger partial charge < -0.3 is 15.0 Å². The molecule has 0 unspecified atom stereocenters. The summed E-state index contributed by atoms with van der Waals surface area (Å²) in [5.74, 6) is 1.75. The molecule has 0 bridgehead atoms. The number of likely N-dealkylation sites (tertiary alicyclic amines) is 1. The van der Waals surface area contributed by atoms with Crippen molar-refractivity contribution in [3.63, 3.8) is 0 Å². The second-order valence-corrected chi connectivity index (χ2v) is 7.01. The summed E-state index contributed by atoms with van der Waals surface area (Å²) >= 11 is 0. The Morgan fingerprint density at radius 2 is 2.20 bits per heavy atom. The molecule has 0 atom stereocenters. The average molecular weight is 458 g/mol. The van der Waals surface area contributed by atoms with Crippen LogP contribution in [0.5, 0.6) is 5.88 Å². The highest BCUT2D eigenvalue weighted by Gasteiger charge is 2.43. The predicted octanol–water partition coefficient (Wildman–Crippen LogP) is 3.83. The van der Waals surface area contributed by atoms with Crippen LogP contribution < -0.4 is 10.1 Å². The fourth-order valence-corrected chi connectivity index (χ4v) is 3.66. The van der Waals surface area contributed by atoms with Crippen molar-refractivity contribution < 1.29 is 4.74 Å². The van der Waals surface area contributed by atoms with E-state index in [4.69, 9.17) is 9.73 Å². The standard InChI is InChI=1S/C19H30N4O.HI/c1-3-13-24-17-16(7-5-11-21-17)14-22-18(20-4-2)23-12-10-19(15-23)8-6-9-19;/h5,7,11H,3-4,6,8-10,12-15H2,1-2H3,(H,20,22);1H. The topological polar surface area (TPSA) is 49.8 Å². The molecule has 1 aromatic heterocycles. The summed E-state index contributed by atoms with van der Waals surface area (Å²) in [6.07, 6.45) is 8.26. The molecule has 3 rings (SSSR count). The van der Waals surface area contributed by atoms with Crippen LogP contribution in [0.4, 0.5) is 0 Å². The number of hydrogen-bond acceptors (Lipinski definition) is 3. The highest BCUT2D eigenvalue weighted by atomic mass is 127. The number of halogens is 1. The van der Waals surface area contributed by atoms with Crippen LogP contribution in [0, 0.1) is 5.41 Å². The van der Waals surface area contributed by atoms with Crippen molar-refractivity contribution in [2.45, 2.75) is 52.5 Å². The summed E-state index contributed by atoms with van der Waals surface area (Å²) < 4.78 is 5.75. The van der Waals surface area contributed by atoms with Crippen molar-refractivity contribution in [2.75, 3.05) is 26.2 Å². The molecule has 0 radical (unpaired) electrons. The summed E-state index contributed by atoms with van der Waals surface area (Å²) in [6.45, 7) is 8.72. The van der Waals surface area contributed by atoms with Gasteiger partial charge in [0.2, 0.25) is 5.88 Å². The van der Waals surface area contributed by atoms with Crippen LogP contribution >= 0.6 is 24.0 Å².